The number of nitro benzene ring substituents is 1. The van der Waals surface area contributed by atoms with E-state index in [9.17, 15) is 14.9 Å². The molecule has 1 N–H and O–H groups in total. The molecule has 6 heteroatoms. The molecule has 0 aromatic heterocycles. The lowest BCUT2D eigenvalue weighted by molar-refractivity contribution is -0.384. The van der Waals surface area contributed by atoms with Gasteiger partial charge >= 0.3 is 5.97 Å². The number of halogens is 1. The third kappa shape index (κ3) is 2.49. The first-order valence-electron chi connectivity index (χ1n) is 4.53. The van der Waals surface area contributed by atoms with Gasteiger partial charge in [-0.05, 0) is 18.1 Å². The van der Waals surface area contributed by atoms with Crippen LogP contribution in [0.5, 0.6) is 0 Å². The van der Waals surface area contributed by atoms with Crippen LogP contribution >= 0.6 is 11.6 Å². The molecular formula is C10H10ClNO4. The fourth-order valence-corrected chi connectivity index (χ4v) is 1.60. The van der Waals surface area contributed by atoms with E-state index in [-0.39, 0.29) is 11.6 Å². The predicted octanol–water partition coefficient (Wildman–Crippen LogP) is 2.52. The van der Waals surface area contributed by atoms with Crippen LogP contribution in [0.4, 0.5) is 5.69 Å². The first-order valence-corrected chi connectivity index (χ1v) is 5.06. The molecule has 0 aliphatic heterocycles. The average molecular weight is 244 g/mol. The second-order valence-electron chi connectivity index (χ2n) is 3.33. The van der Waals surface area contributed by atoms with Crippen molar-refractivity contribution in [1.82, 2.24) is 0 Å². The molecule has 5 nitrogen and oxygen atoms in total. The summed E-state index contributed by atoms with van der Waals surface area (Å²) in [6.07, 6.45) is 0. The molecule has 1 aromatic rings. The summed E-state index contributed by atoms with van der Waals surface area (Å²) in [4.78, 5) is 20.8. The molecular weight excluding hydrogens is 234 g/mol. The summed E-state index contributed by atoms with van der Waals surface area (Å²) in [5.74, 6) is -1.72. The molecule has 0 amide bonds. The summed E-state index contributed by atoms with van der Waals surface area (Å²) in [7, 11) is 0. The molecule has 86 valence electrons. The summed E-state index contributed by atoms with van der Waals surface area (Å²) in [5.41, 5.74) is 0.857. The summed E-state index contributed by atoms with van der Waals surface area (Å²) in [5, 5.41) is 19.4. The number of hydrogen-bond donors (Lipinski definition) is 1. The van der Waals surface area contributed by atoms with Crippen molar-refractivity contribution in [3.05, 3.63) is 39.4 Å². The molecule has 0 fully saturated rings. The number of carboxylic acids is 1. The van der Waals surface area contributed by atoms with E-state index in [1.54, 1.807) is 0 Å². The summed E-state index contributed by atoms with van der Waals surface area (Å²) < 4.78 is 0. The standard InChI is InChI=1S/C10H10ClNO4/c1-6(10(13)14)9-4-8(12(15)16)3-2-7(9)5-11/h2-4,6H,5H2,1H3,(H,13,14). The van der Waals surface area contributed by atoms with Crippen LogP contribution < -0.4 is 0 Å². The van der Waals surface area contributed by atoms with Gasteiger partial charge in [0.15, 0.2) is 0 Å². The lowest BCUT2D eigenvalue weighted by Gasteiger charge is -2.10. The van der Waals surface area contributed by atoms with Crippen molar-refractivity contribution in [2.45, 2.75) is 18.7 Å². The van der Waals surface area contributed by atoms with Crippen LogP contribution in [0.25, 0.3) is 0 Å². The molecule has 0 aliphatic rings. The topological polar surface area (TPSA) is 80.4 Å². The van der Waals surface area contributed by atoms with Gasteiger partial charge < -0.3 is 5.11 Å². The third-order valence-corrected chi connectivity index (χ3v) is 2.61. The maximum atomic E-state index is 10.8. The summed E-state index contributed by atoms with van der Waals surface area (Å²) in [6, 6.07) is 4.06. The zero-order valence-corrected chi connectivity index (χ0v) is 9.27. The third-order valence-electron chi connectivity index (χ3n) is 2.32. The smallest absolute Gasteiger partial charge is 0.310 e. The van der Waals surface area contributed by atoms with Gasteiger partial charge in [0, 0.05) is 18.0 Å². The Labute approximate surface area is 96.8 Å². The Morgan fingerprint density at radius 1 is 1.62 bits per heavy atom. The van der Waals surface area contributed by atoms with E-state index >= 15 is 0 Å². The SMILES string of the molecule is CC(C(=O)O)c1cc([N+](=O)[O-])ccc1CCl. The molecule has 0 aliphatic carbocycles. The van der Waals surface area contributed by atoms with E-state index in [2.05, 4.69) is 0 Å². The number of aliphatic carboxylic acids is 1. The molecule has 0 heterocycles. The number of hydrogen-bond acceptors (Lipinski definition) is 3. The first-order chi connectivity index (χ1) is 7.47. The van der Waals surface area contributed by atoms with Gasteiger partial charge in [0.1, 0.15) is 0 Å². The highest BCUT2D eigenvalue weighted by Gasteiger charge is 2.20. The van der Waals surface area contributed by atoms with Gasteiger partial charge in [-0.1, -0.05) is 6.07 Å². The highest BCUT2D eigenvalue weighted by molar-refractivity contribution is 6.17. The van der Waals surface area contributed by atoms with Crippen LogP contribution in [0, 0.1) is 10.1 Å². The Kier molecular flexibility index (Phi) is 3.84. The Balaban J connectivity index is 3.27. The van der Waals surface area contributed by atoms with Crippen molar-refractivity contribution in [3.63, 3.8) is 0 Å². The van der Waals surface area contributed by atoms with Crippen molar-refractivity contribution in [2.24, 2.45) is 0 Å². The van der Waals surface area contributed by atoms with Gasteiger partial charge in [-0.3, -0.25) is 14.9 Å². The van der Waals surface area contributed by atoms with Gasteiger partial charge in [-0.2, -0.15) is 0 Å². The lowest BCUT2D eigenvalue weighted by atomic mass is 9.96. The largest absolute Gasteiger partial charge is 0.481 e. The Hall–Kier alpha value is -1.62. The van der Waals surface area contributed by atoms with E-state index in [0.29, 0.717) is 11.1 Å². The molecule has 1 aromatic carbocycles. The van der Waals surface area contributed by atoms with Crippen molar-refractivity contribution >= 4 is 23.3 Å². The molecule has 1 unspecified atom stereocenters. The molecule has 16 heavy (non-hydrogen) atoms. The lowest BCUT2D eigenvalue weighted by Crippen LogP contribution is -2.10. The highest BCUT2D eigenvalue weighted by Crippen LogP contribution is 2.26. The van der Waals surface area contributed by atoms with Crippen molar-refractivity contribution in [2.75, 3.05) is 0 Å². The fourth-order valence-electron chi connectivity index (χ4n) is 1.35. The number of nitrogens with zero attached hydrogens (tertiary/aromatic N) is 1. The van der Waals surface area contributed by atoms with E-state index in [1.165, 1.54) is 25.1 Å². The number of alkyl halides is 1. The van der Waals surface area contributed by atoms with Gasteiger partial charge in [0.05, 0.1) is 10.8 Å². The van der Waals surface area contributed by atoms with Crippen LogP contribution in [-0.4, -0.2) is 16.0 Å². The molecule has 1 rings (SSSR count). The quantitative estimate of drug-likeness (QED) is 0.501. The van der Waals surface area contributed by atoms with E-state index < -0.39 is 16.8 Å². The monoisotopic (exact) mass is 243 g/mol. The number of benzene rings is 1. The van der Waals surface area contributed by atoms with Crippen LogP contribution in [0.1, 0.15) is 24.0 Å². The highest BCUT2D eigenvalue weighted by atomic mass is 35.5. The molecule has 1 atom stereocenters. The van der Waals surface area contributed by atoms with Gasteiger partial charge in [0.2, 0.25) is 0 Å². The summed E-state index contributed by atoms with van der Waals surface area (Å²) >= 11 is 5.65. The second-order valence-corrected chi connectivity index (χ2v) is 3.60. The van der Waals surface area contributed by atoms with Crippen LogP contribution in [0.2, 0.25) is 0 Å². The molecule has 0 bridgehead atoms. The van der Waals surface area contributed by atoms with E-state index in [1.807, 2.05) is 0 Å². The minimum absolute atomic E-state index is 0.128. The van der Waals surface area contributed by atoms with Crippen molar-refractivity contribution < 1.29 is 14.8 Å². The molecule has 0 spiro atoms. The first kappa shape index (κ1) is 12.4. The van der Waals surface area contributed by atoms with Crippen LogP contribution in [-0.2, 0) is 10.7 Å². The van der Waals surface area contributed by atoms with E-state index in [4.69, 9.17) is 16.7 Å². The van der Waals surface area contributed by atoms with Gasteiger partial charge in [0.25, 0.3) is 5.69 Å². The van der Waals surface area contributed by atoms with Gasteiger partial charge in [-0.15, -0.1) is 11.6 Å². The number of non-ortho nitro benzene ring substituents is 1. The predicted molar refractivity (Wildman–Crippen MR) is 58.7 cm³/mol. The van der Waals surface area contributed by atoms with Crippen molar-refractivity contribution in [3.8, 4) is 0 Å². The number of rotatable bonds is 4. The fraction of sp³-hybridized carbons (Fsp3) is 0.300. The molecule has 0 radical (unpaired) electrons. The second kappa shape index (κ2) is 4.94. The Bertz CT molecular complexity index is 433. The van der Waals surface area contributed by atoms with Crippen molar-refractivity contribution in [1.29, 1.82) is 0 Å². The molecule has 0 saturated carbocycles. The maximum absolute atomic E-state index is 10.8. The van der Waals surface area contributed by atoms with E-state index in [0.717, 1.165) is 0 Å². The maximum Gasteiger partial charge on any atom is 0.310 e. The number of carbonyl (C=O) groups is 1. The summed E-state index contributed by atoms with van der Waals surface area (Å²) in [6.45, 7) is 1.47. The normalized spacial score (nSPS) is 12.1. The average Bonchev–Trinajstić information content (AvgIpc) is 2.26. The number of nitro groups is 1. The Morgan fingerprint density at radius 3 is 2.69 bits per heavy atom. The van der Waals surface area contributed by atoms with Crippen LogP contribution in [0.15, 0.2) is 18.2 Å². The minimum Gasteiger partial charge on any atom is -0.481 e. The molecule has 0 saturated heterocycles. The number of carboxylic acid groups (broad SMARTS) is 1. The zero-order valence-electron chi connectivity index (χ0n) is 8.51. The van der Waals surface area contributed by atoms with Crippen LogP contribution in [0.3, 0.4) is 0 Å². The Morgan fingerprint density at radius 2 is 2.25 bits per heavy atom. The van der Waals surface area contributed by atoms with Gasteiger partial charge in [-0.25, -0.2) is 0 Å². The zero-order chi connectivity index (χ0) is 12.3. The minimum atomic E-state index is -1.04.